The van der Waals surface area contributed by atoms with Gasteiger partial charge in [-0.25, -0.2) is 0 Å². The number of H-pyrrole nitrogens is 1. The molecule has 23 heavy (non-hydrogen) atoms. The fourth-order valence-electron chi connectivity index (χ4n) is 3.01. The highest BCUT2D eigenvalue weighted by Crippen LogP contribution is 2.26. The first kappa shape index (κ1) is 13.9. The molecular weight excluding hydrogens is 296 g/mol. The van der Waals surface area contributed by atoms with Crippen LogP contribution in [0.15, 0.2) is 22.7 Å². The van der Waals surface area contributed by atoms with E-state index in [1.165, 1.54) is 0 Å². The zero-order chi connectivity index (χ0) is 15.8. The third-order valence-corrected chi connectivity index (χ3v) is 4.18. The van der Waals surface area contributed by atoms with Crippen LogP contribution in [0.4, 0.5) is 0 Å². The normalized spacial score (nSPS) is 18.5. The highest BCUT2D eigenvalue weighted by molar-refractivity contribution is 5.97. The van der Waals surface area contributed by atoms with Crippen molar-refractivity contribution in [2.24, 2.45) is 0 Å². The van der Waals surface area contributed by atoms with Crippen molar-refractivity contribution in [2.45, 2.75) is 25.7 Å². The number of piperidine rings is 1. The molecule has 3 aromatic rings. The van der Waals surface area contributed by atoms with Crippen molar-refractivity contribution in [1.82, 2.24) is 30.5 Å². The predicted molar refractivity (Wildman–Crippen MR) is 80.8 cm³/mol. The monoisotopic (exact) mass is 312 g/mol. The number of hydrogen-bond acceptors (Lipinski definition) is 6. The topological polar surface area (TPSA) is 101 Å². The molecule has 1 fully saturated rings. The van der Waals surface area contributed by atoms with Crippen LogP contribution in [0.2, 0.25) is 0 Å². The first-order chi connectivity index (χ1) is 11.2. The predicted octanol–water partition coefficient (Wildman–Crippen LogP) is 1.67. The average molecular weight is 312 g/mol. The second-order valence-electron chi connectivity index (χ2n) is 5.79. The second-order valence-corrected chi connectivity index (χ2v) is 5.79. The van der Waals surface area contributed by atoms with Crippen LogP contribution >= 0.6 is 0 Å². The third kappa shape index (κ3) is 2.56. The van der Waals surface area contributed by atoms with Crippen LogP contribution in [0.3, 0.4) is 0 Å². The molecule has 1 amide bonds. The summed E-state index contributed by atoms with van der Waals surface area (Å²) in [7, 11) is 0. The summed E-state index contributed by atoms with van der Waals surface area (Å²) in [5.74, 6) is 1.37. The number of rotatable bonds is 2. The van der Waals surface area contributed by atoms with Gasteiger partial charge in [-0.1, -0.05) is 5.16 Å². The van der Waals surface area contributed by atoms with E-state index in [1.54, 1.807) is 25.1 Å². The molecule has 1 aliphatic heterocycles. The first-order valence-corrected chi connectivity index (χ1v) is 7.61. The minimum atomic E-state index is -0.000170. The molecule has 1 atom stereocenters. The fourth-order valence-corrected chi connectivity index (χ4v) is 3.01. The molecule has 0 aliphatic carbocycles. The standard InChI is InChI=1S/C15H16N6O2/c1-9-16-14(19-23-9)11-3-2-6-21(8-11)15(22)10-4-5-12-13(7-10)18-20-17-12/h4-5,7,11H,2-3,6,8H2,1H3,(H,17,18,20)/t11-/m1/s1. The molecule has 0 spiro atoms. The SMILES string of the molecule is Cc1nc([C@@H]2CCCN(C(=O)c3ccc4n[nH]nc4c3)C2)no1. The Bertz CT molecular complexity index is 854. The average Bonchev–Trinajstić information content (AvgIpc) is 3.22. The number of fused-ring (bicyclic) bond motifs is 1. The van der Waals surface area contributed by atoms with Gasteiger partial charge in [0.1, 0.15) is 11.0 Å². The van der Waals surface area contributed by atoms with Crippen molar-refractivity contribution in [1.29, 1.82) is 0 Å². The van der Waals surface area contributed by atoms with Crippen LogP contribution in [-0.2, 0) is 0 Å². The summed E-state index contributed by atoms with van der Waals surface area (Å²) in [6, 6.07) is 5.36. The Kier molecular flexibility index (Phi) is 3.29. The summed E-state index contributed by atoms with van der Waals surface area (Å²) in [5.41, 5.74) is 2.06. The Balaban J connectivity index is 1.55. The van der Waals surface area contributed by atoms with Gasteiger partial charge in [0.15, 0.2) is 5.82 Å². The summed E-state index contributed by atoms with van der Waals surface area (Å²) >= 11 is 0. The maximum absolute atomic E-state index is 12.8. The largest absolute Gasteiger partial charge is 0.340 e. The molecule has 1 saturated heterocycles. The minimum Gasteiger partial charge on any atom is -0.340 e. The molecule has 1 aromatic carbocycles. The van der Waals surface area contributed by atoms with Gasteiger partial charge >= 0.3 is 0 Å². The van der Waals surface area contributed by atoms with E-state index in [2.05, 4.69) is 25.6 Å². The summed E-state index contributed by atoms with van der Waals surface area (Å²) < 4.78 is 5.05. The quantitative estimate of drug-likeness (QED) is 0.772. The molecule has 3 heterocycles. The van der Waals surface area contributed by atoms with E-state index >= 15 is 0 Å². The van der Waals surface area contributed by atoms with E-state index in [9.17, 15) is 4.79 Å². The number of aromatic nitrogens is 5. The molecule has 0 bridgehead atoms. The number of nitrogens with zero attached hydrogens (tertiary/aromatic N) is 5. The molecule has 0 unspecified atom stereocenters. The number of nitrogens with one attached hydrogen (secondary N) is 1. The van der Waals surface area contributed by atoms with Crippen LogP contribution < -0.4 is 0 Å². The first-order valence-electron chi connectivity index (χ1n) is 7.61. The van der Waals surface area contributed by atoms with E-state index in [0.29, 0.717) is 29.3 Å². The Morgan fingerprint density at radius 2 is 2.22 bits per heavy atom. The van der Waals surface area contributed by atoms with Gasteiger partial charge in [-0.05, 0) is 31.0 Å². The Morgan fingerprint density at radius 3 is 3.04 bits per heavy atom. The summed E-state index contributed by atoms with van der Waals surface area (Å²) in [5, 5.41) is 14.6. The highest BCUT2D eigenvalue weighted by Gasteiger charge is 2.28. The van der Waals surface area contributed by atoms with Crippen molar-refractivity contribution in [3.63, 3.8) is 0 Å². The van der Waals surface area contributed by atoms with Crippen molar-refractivity contribution in [2.75, 3.05) is 13.1 Å². The van der Waals surface area contributed by atoms with Crippen LogP contribution in [0.1, 0.15) is 40.8 Å². The molecule has 2 aromatic heterocycles. The summed E-state index contributed by atoms with van der Waals surface area (Å²) in [6.45, 7) is 3.12. The van der Waals surface area contributed by atoms with Crippen LogP contribution in [0, 0.1) is 6.92 Å². The van der Waals surface area contributed by atoms with E-state index in [1.807, 2.05) is 4.90 Å². The molecule has 1 aliphatic rings. The maximum atomic E-state index is 12.8. The maximum Gasteiger partial charge on any atom is 0.253 e. The van der Waals surface area contributed by atoms with E-state index in [-0.39, 0.29) is 11.8 Å². The van der Waals surface area contributed by atoms with Crippen LogP contribution in [0.5, 0.6) is 0 Å². The number of carbonyl (C=O) groups is 1. The van der Waals surface area contributed by atoms with Gasteiger partial charge in [0.25, 0.3) is 5.91 Å². The molecule has 4 rings (SSSR count). The second kappa shape index (κ2) is 5.45. The summed E-state index contributed by atoms with van der Waals surface area (Å²) in [6.07, 6.45) is 1.89. The van der Waals surface area contributed by atoms with E-state index in [4.69, 9.17) is 4.52 Å². The van der Waals surface area contributed by atoms with Gasteiger partial charge in [-0.2, -0.15) is 20.4 Å². The van der Waals surface area contributed by atoms with E-state index < -0.39 is 0 Å². The zero-order valence-electron chi connectivity index (χ0n) is 12.7. The lowest BCUT2D eigenvalue weighted by Gasteiger charge is -2.31. The van der Waals surface area contributed by atoms with Gasteiger partial charge in [-0.15, -0.1) is 0 Å². The molecule has 118 valence electrons. The van der Waals surface area contributed by atoms with Gasteiger partial charge in [0.2, 0.25) is 5.89 Å². The smallest absolute Gasteiger partial charge is 0.253 e. The van der Waals surface area contributed by atoms with Crippen LogP contribution in [-0.4, -0.2) is 49.4 Å². The van der Waals surface area contributed by atoms with Crippen molar-refractivity contribution >= 4 is 16.9 Å². The third-order valence-electron chi connectivity index (χ3n) is 4.18. The molecule has 0 saturated carbocycles. The van der Waals surface area contributed by atoms with Crippen LogP contribution in [0.25, 0.3) is 11.0 Å². The number of benzene rings is 1. The lowest BCUT2D eigenvalue weighted by molar-refractivity contribution is 0.0703. The van der Waals surface area contributed by atoms with E-state index in [0.717, 1.165) is 24.9 Å². The Hall–Kier alpha value is -2.77. The Labute approximate surface area is 131 Å². The van der Waals surface area contributed by atoms with Crippen molar-refractivity contribution in [3.05, 3.63) is 35.5 Å². The van der Waals surface area contributed by atoms with Gasteiger partial charge < -0.3 is 9.42 Å². The van der Waals surface area contributed by atoms with Crippen molar-refractivity contribution < 1.29 is 9.32 Å². The lowest BCUT2D eigenvalue weighted by Crippen LogP contribution is -2.39. The Morgan fingerprint density at radius 1 is 1.35 bits per heavy atom. The molecular formula is C15H16N6O2. The number of hydrogen-bond donors (Lipinski definition) is 1. The zero-order valence-corrected chi connectivity index (χ0v) is 12.7. The van der Waals surface area contributed by atoms with Gasteiger partial charge in [-0.3, -0.25) is 4.79 Å². The molecule has 0 radical (unpaired) electrons. The molecule has 8 heteroatoms. The molecule has 8 nitrogen and oxygen atoms in total. The number of aryl methyl sites for hydroxylation is 1. The number of aromatic amines is 1. The highest BCUT2D eigenvalue weighted by atomic mass is 16.5. The molecule has 1 N–H and O–H groups in total. The lowest BCUT2D eigenvalue weighted by atomic mass is 9.96. The van der Waals surface area contributed by atoms with Gasteiger partial charge in [0.05, 0.1) is 0 Å². The minimum absolute atomic E-state index is 0.000170. The van der Waals surface area contributed by atoms with Crippen molar-refractivity contribution in [3.8, 4) is 0 Å². The number of likely N-dealkylation sites (tertiary alicyclic amines) is 1. The van der Waals surface area contributed by atoms with Gasteiger partial charge in [0, 0.05) is 31.5 Å². The number of amides is 1. The fraction of sp³-hybridized carbons (Fsp3) is 0.400. The summed E-state index contributed by atoms with van der Waals surface area (Å²) in [4.78, 5) is 18.9. The number of carbonyl (C=O) groups excluding carboxylic acids is 1.